The summed E-state index contributed by atoms with van der Waals surface area (Å²) in [6, 6.07) is 2.51. The molecule has 25 heavy (non-hydrogen) atoms. The Labute approximate surface area is 143 Å². The van der Waals surface area contributed by atoms with Gasteiger partial charge in [0, 0.05) is 17.8 Å². The van der Waals surface area contributed by atoms with Crippen LogP contribution in [0.1, 0.15) is 44.4 Å². The van der Waals surface area contributed by atoms with Gasteiger partial charge in [0.25, 0.3) is 0 Å². The number of aliphatic hydroxyl groups excluding tert-OH is 2. The highest BCUT2D eigenvalue weighted by molar-refractivity contribution is 5.67. The van der Waals surface area contributed by atoms with E-state index in [1.54, 1.807) is 20.8 Å². The molecule has 0 saturated carbocycles. The van der Waals surface area contributed by atoms with Crippen LogP contribution in [0.5, 0.6) is 0 Å². The lowest BCUT2D eigenvalue weighted by atomic mass is 9.98. The average Bonchev–Trinajstić information content (AvgIpc) is 2.43. The van der Waals surface area contributed by atoms with Crippen LogP contribution in [0.4, 0.5) is 23.7 Å². The van der Waals surface area contributed by atoms with Gasteiger partial charge < -0.3 is 26.0 Å². The average molecular weight is 364 g/mol. The van der Waals surface area contributed by atoms with Crippen LogP contribution in [0.2, 0.25) is 0 Å². The van der Waals surface area contributed by atoms with Crippen LogP contribution in [0, 0.1) is 0 Å². The molecule has 0 bridgehead atoms. The number of amides is 1. The van der Waals surface area contributed by atoms with E-state index in [-0.39, 0.29) is 24.2 Å². The number of nitrogens with two attached hydrogens (primary N) is 1. The Kier molecular flexibility index (Phi) is 6.67. The molecule has 0 heterocycles. The standard InChI is InChI=1S/C16H23F3N2O4/c1-15(2,3)25-14(24)21-7-6-12(22)13(23)10-8-9(16(17,18)19)4-5-11(10)20/h4-5,8,12-13,22-23H,6-7,20H2,1-3H3,(H,21,24). The Balaban J connectivity index is 2.68. The van der Waals surface area contributed by atoms with Gasteiger partial charge in [-0.15, -0.1) is 0 Å². The number of ether oxygens (including phenoxy) is 1. The van der Waals surface area contributed by atoms with Crippen LogP contribution < -0.4 is 11.1 Å². The van der Waals surface area contributed by atoms with Crippen LogP contribution in [-0.4, -0.2) is 34.6 Å². The number of carbonyl (C=O) groups excluding carboxylic acids is 1. The maximum atomic E-state index is 12.7. The summed E-state index contributed by atoms with van der Waals surface area (Å²) in [4.78, 5) is 11.5. The molecule has 0 aliphatic carbocycles. The summed E-state index contributed by atoms with van der Waals surface area (Å²) in [6.07, 6.45) is -8.43. The Hall–Kier alpha value is -2.00. The highest BCUT2D eigenvalue weighted by Gasteiger charge is 2.32. The molecule has 0 spiro atoms. The largest absolute Gasteiger partial charge is 0.444 e. The smallest absolute Gasteiger partial charge is 0.416 e. The summed E-state index contributed by atoms with van der Waals surface area (Å²) in [5, 5.41) is 22.4. The molecule has 6 nitrogen and oxygen atoms in total. The Morgan fingerprint density at radius 3 is 2.40 bits per heavy atom. The van der Waals surface area contributed by atoms with Gasteiger partial charge in [0.1, 0.15) is 11.7 Å². The van der Waals surface area contributed by atoms with E-state index >= 15 is 0 Å². The predicted octanol–water partition coefficient (Wildman–Crippen LogP) is 2.60. The normalized spacial score (nSPS) is 14.7. The lowest BCUT2D eigenvalue weighted by molar-refractivity contribution is -0.137. The van der Waals surface area contributed by atoms with Crippen molar-refractivity contribution in [3.8, 4) is 0 Å². The number of nitrogen functional groups attached to an aromatic ring is 1. The molecule has 5 N–H and O–H groups in total. The number of carbonyl (C=O) groups is 1. The minimum Gasteiger partial charge on any atom is -0.444 e. The Morgan fingerprint density at radius 2 is 1.88 bits per heavy atom. The summed E-state index contributed by atoms with van der Waals surface area (Å²) in [7, 11) is 0. The van der Waals surface area contributed by atoms with Gasteiger partial charge in [-0.05, 0) is 45.4 Å². The van der Waals surface area contributed by atoms with Gasteiger partial charge in [-0.1, -0.05) is 0 Å². The van der Waals surface area contributed by atoms with Crippen molar-refractivity contribution in [1.29, 1.82) is 0 Å². The van der Waals surface area contributed by atoms with Crippen molar-refractivity contribution in [2.75, 3.05) is 12.3 Å². The van der Waals surface area contributed by atoms with Gasteiger partial charge >= 0.3 is 12.3 Å². The molecule has 0 aromatic heterocycles. The van der Waals surface area contributed by atoms with E-state index in [1.807, 2.05) is 0 Å². The summed E-state index contributed by atoms with van der Waals surface area (Å²) in [5.74, 6) is 0. The first-order chi connectivity index (χ1) is 11.3. The van der Waals surface area contributed by atoms with Crippen LogP contribution >= 0.6 is 0 Å². The quantitative estimate of drug-likeness (QED) is 0.601. The number of anilines is 1. The Bertz CT molecular complexity index is 600. The van der Waals surface area contributed by atoms with E-state index in [0.717, 1.165) is 12.1 Å². The van der Waals surface area contributed by atoms with Crippen molar-refractivity contribution in [3.05, 3.63) is 29.3 Å². The van der Waals surface area contributed by atoms with E-state index in [0.29, 0.717) is 6.07 Å². The predicted molar refractivity (Wildman–Crippen MR) is 85.7 cm³/mol. The summed E-state index contributed by atoms with van der Waals surface area (Å²) in [6.45, 7) is 5.01. The van der Waals surface area contributed by atoms with E-state index in [4.69, 9.17) is 10.5 Å². The second-order valence-electron chi connectivity index (χ2n) is 6.57. The van der Waals surface area contributed by atoms with Crippen molar-refractivity contribution in [2.45, 2.75) is 51.2 Å². The fourth-order valence-electron chi connectivity index (χ4n) is 2.01. The highest BCUT2D eigenvalue weighted by Crippen LogP contribution is 2.34. The van der Waals surface area contributed by atoms with Gasteiger partial charge in [-0.25, -0.2) is 4.79 Å². The second-order valence-corrected chi connectivity index (χ2v) is 6.57. The van der Waals surface area contributed by atoms with E-state index in [2.05, 4.69) is 5.32 Å². The zero-order valence-electron chi connectivity index (χ0n) is 14.2. The molecular formula is C16H23F3N2O4. The number of benzene rings is 1. The first kappa shape index (κ1) is 21.0. The highest BCUT2D eigenvalue weighted by atomic mass is 19.4. The van der Waals surface area contributed by atoms with Gasteiger partial charge in [0.2, 0.25) is 0 Å². The van der Waals surface area contributed by atoms with Crippen molar-refractivity contribution in [1.82, 2.24) is 5.32 Å². The molecule has 2 atom stereocenters. The molecule has 1 aromatic carbocycles. The molecule has 1 amide bonds. The minimum absolute atomic E-state index is 0.0357. The molecule has 0 saturated heterocycles. The number of nitrogens with one attached hydrogen (secondary N) is 1. The van der Waals surface area contributed by atoms with Gasteiger partial charge in [0.05, 0.1) is 11.7 Å². The van der Waals surface area contributed by atoms with Crippen LogP contribution in [0.3, 0.4) is 0 Å². The van der Waals surface area contributed by atoms with Gasteiger partial charge in [0.15, 0.2) is 0 Å². The number of hydrogen-bond donors (Lipinski definition) is 4. The van der Waals surface area contributed by atoms with Crippen LogP contribution in [-0.2, 0) is 10.9 Å². The number of hydrogen-bond acceptors (Lipinski definition) is 5. The summed E-state index contributed by atoms with van der Waals surface area (Å²) < 4.78 is 43.2. The third kappa shape index (κ3) is 6.79. The minimum atomic E-state index is -4.59. The molecule has 142 valence electrons. The number of halogens is 3. The van der Waals surface area contributed by atoms with Crippen molar-refractivity contribution >= 4 is 11.8 Å². The lowest BCUT2D eigenvalue weighted by Crippen LogP contribution is -2.34. The molecule has 0 fully saturated rings. The fourth-order valence-corrected chi connectivity index (χ4v) is 2.01. The monoisotopic (exact) mass is 364 g/mol. The maximum absolute atomic E-state index is 12.7. The van der Waals surface area contributed by atoms with Crippen LogP contribution in [0.25, 0.3) is 0 Å². The number of rotatable bonds is 5. The fraction of sp³-hybridized carbons (Fsp3) is 0.562. The van der Waals surface area contributed by atoms with Gasteiger partial charge in [-0.2, -0.15) is 13.2 Å². The third-order valence-corrected chi connectivity index (χ3v) is 3.21. The molecular weight excluding hydrogens is 341 g/mol. The van der Waals surface area contributed by atoms with E-state index in [1.165, 1.54) is 0 Å². The molecule has 0 aliphatic rings. The number of alkyl carbamates (subject to hydrolysis) is 1. The number of aliphatic hydroxyl groups is 2. The summed E-state index contributed by atoms with van der Waals surface area (Å²) in [5.41, 5.74) is 3.63. The zero-order valence-corrected chi connectivity index (χ0v) is 14.2. The molecule has 2 unspecified atom stereocenters. The van der Waals surface area contributed by atoms with Crippen molar-refractivity contribution < 1.29 is 32.9 Å². The molecule has 1 rings (SSSR count). The van der Waals surface area contributed by atoms with E-state index in [9.17, 15) is 28.2 Å². The SMILES string of the molecule is CC(C)(C)OC(=O)NCCC(O)C(O)c1cc(C(F)(F)F)ccc1N. The lowest BCUT2D eigenvalue weighted by Gasteiger charge is -2.22. The molecule has 0 radical (unpaired) electrons. The second kappa shape index (κ2) is 7.92. The van der Waals surface area contributed by atoms with E-state index < -0.39 is 35.6 Å². The Morgan fingerprint density at radius 1 is 1.28 bits per heavy atom. The summed E-state index contributed by atoms with van der Waals surface area (Å²) >= 11 is 0. The van der Waals surface area contributed by atoms with Gasteiger partial charge in [-0.3, -0.25) is 0 Å². The third-order valence-electron chi connectivity index (χ3n) is 3.21. The topological polar surface area (TPSA) is 105 Å². The maximum Gasteiger partial charge on any atom is 0.416 e. The van der Waals surface area contributed by atoms with Crippen molar-refractivity contribution in [3.63, 3.8) is 0 Å². The molecule has 0 aliphatic heterocycles. The first-order valence-electron chi connectivity index (χ1n) is 7.61. The number of alkyl halides is 3. The molecule has 1 aromatic rings. The van der Waals surface area contributed by atoms with Crippen molar-refractivity contribution in [2.24, 2.45) is 0 Å². The first-order valence-corrected chi connectivity index (χ1v) is 7.61. The zero-order chi connectivity index (χ0) is 19.4. The molecule has 9 heteroatoms. The van der Waals surface area contributed by atoms with Crippen LogP contribution in [0.15, 0.2) is 18.2 Å².